The zero-order valence-electron chi connectivity index (χ0n) is 22.9. The third-order valence-corrected chi connectivity index (χ3v) is 7.07. The fraction of sp³-hybridized carbons (Fsp3) is 0.724. The van der Waals surface area contributed by atoms with Crippen molar-refractivity contribution in [2.24, 2.45) is 11.8 Å². The third kappa shape index (κ3) is 11.1. The Labute approximate surface area is 220 Å². The van der Waals surface area contributed by atoms with Gasteiger partial charge in [0.05, 0.1) is 29.9 Å². The minimum atomic E-state index is -0.798. The molecule has 0 N–H and O–H groups in total. The second kappa shape index (κ2) is 20.3. The molecule has 1 aliphatic rings. The topological polar surface area (TPSA) is 78.9 Å². The van der Waals surface area contributed by atoms with Gasteiger partial charge in [-0.25, -0.2) is 0 Å². The molecule has 36 heavy (non-hydrogen) atoms. The summed E-state index contributed by atoms with van der Waals surface area (Å²) >= 11 is 0. The van der Waals surface area contributed by atoms with E-state index in [1.807, 2.05) is 0 Å². The van der Waals surface area contributed by atoms with E-state index in [0.29, 0.717) is 32.8 Å². The number of methoxy groups -OCH3 is 2. The van der Waals surface area contributed by atoms with Crippen molar-refractivity contribution < 1.29 is 28.4 Å². The average molecular weight is 525 g/mol. The number of hydrogen-bond donors (Lipinski definition) is 0. The average Bonchev–Trinajstić information content (AvgIpc) is 2.93. The van der Waals surface area contributed by atoms with E-state index in [-0.39, 0.29) is 17.7 Å². The van der Waals surface area contributed by atoms with Crippen LogP contribution in [0, 0.1) is 11.8 Å². The van der Waals surface area contributed by atoms with Crippen LogP contribution in [0.15, 0.2) is 18.2 Å². The Morgan fingerprint density at radius 3 is 1.83 bits per heavy atom. The van der Waals surface area contributed by atoms with E-state index >= 15 is 0 Å². The molecule has 0 aromatic heterocycles. The summed E-state index contributed by atoms with van der Waals surface area (Å²) in [4.78, 5) is 26.9. The van der Waals surface area contributed by atoms with Gasteiger partial charge in [-0.1, -0.05) is 90.0 Å². The Morgan fingerprint density at radius 1 is 0.833 bits per heavy atom. The fourth-order valence-electron chi connectivity index (χ4n) is 5.08. The molecule has 1 aromatic rings. The molecule has 2 atom stereocenters. The molecular weight excluding hydrogens is 475 g/mol. The number of ether oxygens (including phenoxy) is 3. The maximum absolute atomic E-state index is 13.7. The monoisotopic (exact) mass is 524 g/mol. The van der Waals surface area contributed by atoms with Crippen molar-refractivity contribution in [2.75, 3.05) is 20.8 Å². The summed E-state index contributed by atoms with van der Waals surface area (Å²) in [6, 6.07) is 5.26. The molecule has 1 aromatic carbocycles. The molecule has 0 radical (unpaired) electrons. The van der Waals surface area contributed by atoms with Gasteiger partial charge in [0.1, 0.15) is 23.0 Å². The van der Waals surface area contributed by atoms with Crippen LogP contribution >= 0.6 is 9.12 Å². The maximum atomic E-state index is 13.7. The lowest BCUT2D eigenvalue weighted by molar-refractivity contribution is -0.149. The zero-order chi connectivity index (χ0) is 26.6. The summed E-state index contributed by atoms with van der Waals surface area (Å²) in [5.41, 5.74) is 0.346. The molecule has 0 amide bonds. The van der Waals surface area contributed by atoms with Gasteiger partial charge in [-0.15, -0.1) is 0 Å². The van der Waals surface area contributed by atoms with Gasteiger partial charge in [0, 0.05) is 0 Å². The van der Waals surface area contributed by atoms with E-state index in [1.165, 1.54) is 65.6 Å². The summed E-state index contributed by atoms with van der Waals surface area (Å²) in [6.45, 7) is 2.63. The predicted octanol–water partition coefficient (Wildman–Crippen LogP) is 7.49. The van der Waals surface area contributed by atoms with Gasteiger partial charge in [-0.05, 0) is 37.3 Å². The molecule has 7 heteroatoms. The Morgan fingerprint density at radius 2 is 1.33 bits per heavy atom. The summed E-state index contributed by atoms with van der Waals surface area (Å²) < 4.78 is 24.8. The van der Waals surface area contributed by atoms with Crippen LogP contribution in [0.3, 0.4) is 0 Å². The fourth-order valence-corrected chi connectivity index (χ4v) is 5.08. The van der Waals surface area contributed by atoms with Crippen LogP contribution in [0.2, 0.25) is 0 Å². The lowest BCUT2D eigenvalue weighted by Gasteiger charge is -2.28. The number of carbonyl (C=O) groups is 2. The second-order valence-electron chi connectivity index (χ2n) is 9.63. The minimum absolute atomic E-state index is 0.0103. The first-order valence-electron chi connectivity index (χ1n) is 13.8. The van der Waals surface area contributed by atoms with Crippen LogP contribution in [0.5, 0.6) is 11.5 Å². The predicted molar refractivity (Wildman–Crippen MR) is 149 cm³/mol. The molecule has 2 rings (SSSR count). The largest absolute Gasteiger partial charge is 0.496 e. The number of Topliss-reactive ketones (excluding diaryl/α,β-unsaturated/α-hetero) is 1. The lowest BCUT2D eigenvalue weighted by Crippen LogP contribution is -2.35. The summed E-state index contributed by atoms with van der Waals surface area (Å²) in [7, 11) is 3.68. The van der Waals surface area contributed by atoms with Gasteiger partial charge in [0.15, 0.2) is 5.78 Å². The molecule has 0 aliphatic heterocycles. The molecule has 0 saturated heterocycles. The van der Waals surface area contributed by atoms with Crippen molar-refractivity contribution in [2.45, 2.75) is 103 Å². The number of esters is 1. The number of hydrogen-bond acceptors (Lipinski definition) is 6. The van der Waals surface area contributed by atoms with Crippen molar-refractivity contribution >= 4 is 20.9 Å². The normalized spacial score (nSPS) is 14.4. The molecular formula is C29H49O6P. The van der Waals surface area contributed by atoms with Crippen LogP contribution in [0.1, 0.15) is 114 Å². The quantitative estimate of drug-likeness (QED) is 0.0691. The van der Waals surface area contributed by atoms with Crippen LogP contribution in [-0.4, -0.2) is 32.6 Å². The first kappa shape index (κ1) is 32.2. The van der Waals surface area contributed by atoms with E-state index in [1.54, 1.807) is 18.2 Å². The molecule has 206 valence electrons. The summed E-state index contributed by atoms with van der Waals surface area (Å²) in [5.74, 6) is -0.542. The van der Waals surface area contributed by atoms with Gasteiger partial charge in [0.2, 0.25) is 0 Å². The second-order valence-corrected chi connectivity index (χ2v) is 9.63. The molecule has 0 bridgehead atoms. The van der Waals surface area contributed by atoms with E-state index in [9.17, 15) is 9.59 Å². The highest BCUT2D eigenvalue weighted by Gasteiger charge is 2.39. The van der Waals surface area contributed by atoms with Crippen LogP contribution in [-0.2, 0) is 14.1 Å². The summed E-state index contributed by atoms with van der Waals surface area (Å²) in [6.07, 6.45) is 17.3. The molecule has 0 heterocycles. The third-order valence-electron chi connectivity index (χ3n) is 7.07. The van der Waals surface area contributed by atoms with Gasteiger partial charge < -0.3 is 18.8 Å². The van der Waals surface area contributed by atoms with Crippen molar-refractivity contribution in [3.63, 3.8) is 0 Å². The van der Waals surface area contributed by atoms with E-state index in [4.69, 9.17) is 18.8 Å². The van der Waals surface area contributed by atoms with Gasteiger partial charge in [-0.3, -0.25) is 9.59 Å². The molecule has 2 unspecified atom stereocenters. The highest BCUT2D eigenvalue weighted by molar-refractivity contribution is 7.00. The van der Waals surface area contributed by atoms with Crippen molar-refractivity contribution in [3.05, 3.63) is 23.8 Å². The van der Waals surface area contributed by atoms with Crippen LogP contribution in [0.25, 0.3) is 0 Å². The van der Waals surface area contributed by atoms with Crippen molar-refractivity contribution in [1.82, 2.24) is 0 Å². The lowest BCUT2D eigenvalue weighted by atomic mass is 9.76. The van der Waals surface area contributed by atoms with E-state index < -0.39 is 5.92 Å². The number of rotatable bonds is 17. The number of benzene rings is 1. The number of unbranched alkanes of at least 4 members (excludes halogenated alkanes) is 9. The van der Waals surface area contributed by atoms with Gasteiger partial charge >= 0.3 is 5.97 Å². The summed E-state index contributed by atoms with van der Waals surface area (Å²) in [5, 5.41) is 0. The first-order valence-corrected chi connectivity index (χ1v) is 14.4. The van der Waals surface area contributed by atoms with Crippen LogP contribution < -0.4 is 9.47 Å². The van der Waals surface area contributed by atoms with Gasteiger partial charge in [0.25, 0.3) is 0 Å². The molecule has 1 saturated carbocycles. The smallest absolute Gasteiger partial charge is 0.317 e. The Kier molecular flexibility index (Phi) is 18.1. The van der Waals surface area contributed by atoms with Gasteiger partial charge in [-0.2, -0.15) is 0 Å². The molecule has 1 aliphatic carbocycles. The first-order chi connectivity index (χ1) is 17.6. The Hall–Kier alpha value is -1.81. The standard InChI is InChI=1S/C29H46O5.H3OP/c1-4-5-6-7-8-9-10-11-12-16-22-34-29(31)26(23-18-14-13-15-19-23)28(30)27-24(32-2)20-17-21-25(27)33-3;1-2/h17,20-21,23,26H,4-16,18-19,22H2,1-3H3;2H3. The highest BCUT2D eigenvalue weighted by Crippen LogP contribution is 2.37. The Balaban J connectivity index is 0.00000316. The number of ketones is 1. The molecule has 0 spiro atoms. The molecule has 1 fully saturated rings. The van der Waals surface area contributed by atoms with Crippen molar-refractivity contribution in [3.8, 4) is 11.5 Å². The van der Waals surface area contributed by atoms with Crippen molar-refractivity contribution in [1.29, 1.82) is 0 Å². The Bertz CT molecular complexity index is 725. The molecule has 6 nitrogen and oxygen atoms in total. The van der Waals surface area contributed by atoms with E-state index in [2.05, 4.69) is 6.92 Å². The zero-order valence-corrected chi connectivity index (χ0v) is 24.3. The van der Waals surface area contributed by atoms with E-state index in [0.717, 1.165) is 44.9 Å². The van der Waals surface area contributed by atoms with Crippen LogP contribution in [0.4, 0.5) is 0 Å². The number of carbonyl (C=O) groups excluding carboxylic acids is 2. The minimum Gasteiger partial charge on any atom is -0.496 e. The highest BCUT2D eigenvalue weighted by atomic mass is 31.0. The SMILES string of the molecule is CCCCCCCCCCCCOC(=O)C(C(=O)c1c(OC)cccc1OC)C1CCCCC1.O=[PH3]. The maximum Gasteiger partial charge on any atom is 0.317 e.